The lowest BCUT2D eigenvalue weighted by molar-refractivity contribution is -0.150. The topological polar surface area (TPSA) is 46.5 Å². The largest absolute Gasteiger partial charge is 0.479 e. The predicted octanol–water partition coefficient (Wildman–Crippen LogP) is 4.26. The number of carbonyl (C=O) groups is 1. The molecule has 22 heavy (non-hydrogen) atoms. The molecule has 0 aromatic heterocycles. The molecular weight excluding hydrogens is 296 g/mol. The molecule has 1 N–H and O–H groups in total. The molecule has 4 heteroatoms. The quantitative estimate of drug-likeness (QED) is 0.790. The van der Waals surface area contributed by atoms with E-state index in [1.165, 1.54) is 0 Å². The molecule has 2 rings (SSSR count). The summed E-state index contributed by atoms with van der Waals surface area (Å²) in [7, 11) is 0. The summed E-state index contributed by atoms with van der Waals surface area (Å²) < 4.78 is 5.45. The van der Waals surface area contributed by atoms with Crippen LogP contribution in [0.15, 0.2) is 64.4 Å². The average molecular weight is 316 g/mol. The van der Waals surface area contributed by atoms with Crippen LogP contribution in [0.2, 0.25) is 0 Å². The van der Waals surface area contributed by atoms with E-state index in [4.69, 9.17) is 4.74 Å². The third-order valence-corrected chi connectivity index (χ3v) is 4.27. The molecule has 0 heterocycles. The van der Waals surface area contributed by atoms with Crippen LogP contribution in [0.1, 0.15) is 18.9 Å². The molecule has 0 saturated carbocycles. The number of ether oxygens (including phenoxy) is 1. The van der Waals surface area contributed by atoms with Crippen molar-refractivity contribution in [3.8, 4) is 0 Å². The van der Waals surface area contributed by atoms with Gasteiger partial charge in [0.1, 0.15) is 0 Å². The zero-order chi connectivity index (χ0) is 15.8. The summed E-state index contributed by atoms with van der Waals surface area (Å²) in [5.74, 6) is -0.909. The van der Waals surface area contributed by atoms with Crippen molar-refractivity contribution in [2.45, 2.75) is 35.7 Å². The van der Waals surface area contributed by atoms with Gasteiger partial charge in [0.05, 0.1) is 0 Å². The Morgan fingerprint density at radius 2 is 1.82 bits per heavy atom. The van der Waals surface area contributed by atoms with Gasteiger partial charge in [-0.2, -0.15) is 0 Å². The van der Waals surface area contributed by atoms with E-state index in [1.54, 1.807) is 11.8 Å². The van der Waals surface area contributed by atoms with Crippen molar-refractivity contribution >= 4 is 17.7 Å². The maximum Gasteiger partial charge on any atom is 0.333 e. The number of hydrogen-bond donors (Lipinski definition) is 1. The molecule has 1 atom stereocenters. The van der Waals surface area contributed by atoms with Gasteiger partial charge in [-0.3, -0.25) is 0 Å². The van der Waals surface area contributed by atoms with Gasteiger partial charge in [-0.1, -0.05) is 55.1 Å². The highest BCUT2D eigenvalue weighted by molar-refractivity contribution is 7.99. The Balaban J connectivity index is 2.15. The lowest BCUT2D eigenvalue weighted by atomic mass is 10.1. The van der Waals surface area contributed by atoms with Gasteiger partial charge in [-0.15, -0.1) is 0 Å². The first kappa shape index (κ1) is 16.6. The Kier molecular flexibility index (Phi) is 6.49. The molecule has 3 nitrogen and oxygen atoms in total. The second-order valence-electron chi connectivity index (χ2n) is 4.92. The van der Waals surface area contributed by atoms with Crippen LogP contribution in [0.5, 0.6) is 0 Å². The van der Waals surface area contributed by atoms with Crippen molar-refractivity contribution in [1.82, 2.24) is 0 Å². The first-order valence-electron chi connectivity index (χ1n) is 7.36. The van der Waals surface area contributed by atoms with E-state index in [1.807, 2.05) is 61.5 Å². The zero-order valence-electron chi connectivity index (χ0n) is 12.6. The van der Waals surface area contributed by atoms with E-state index in [-0.39, 0.29) is 0 Å². The van der Waals surface area contributed by atoms with Crippen molar-refractivity contribution in [2.75, 3.05) is 6.61 Å². The molecule has 0 spiro atoms. The smallest absolute Gasteiger partial charge is 0.333 e. The van der Waals surface area contributed by atoms with Gasteiger partial charge in [0.2, 0.25) is 0 Å². The van der Waals surface area contributed by atoms with E-state index < -0.39 is 12.1 Å². The highest BCUT2D eigenvalue weighted by Gasteiger charge is 2.20. The van der Waals surface area contributed by atoms with Crippen LogP contribution >= 0.6 is 11.8 Å². The summed E-state index contributed by atoms with van der Waals surface area (Å²) in [6.07, 6.45) is 0.396. The van der Waals surface area contributed by atoms with Crippen LogP contribution in [-0.2, 0) is 16.0 Å². The van der Waals surface area contributed by atoms with Crippen molar-refractivity contribution < 1.29 is 14.6 Å². The van der Waals surface area contributed by atoms with E-state index in [0.717, 1.165) is 21.8 Å². The number of carboxylic acids is 1. The van der Waals surface area contributed by atoms with Gasteiger partial charge in [-0.05, 0) is 30.2 Å². The fourth-order valence-corrected chi connectivity index (χ4v) is 3.04. The van der Waals surface area contributed by atoms with Crippen LogP contribution in [-0.4, -0.2) is 23.8 Å². The Morgan fingerprint density at radius 3 is 2.50 bits per heavy atom. The Hall–Kier alpha value is -1.78. The highest BCUT2D eigenvalue weighted by atomic mass is 32.2. The van der Waals surface area contributed by atoms with E-state index in [2.05, 4.69) is 0 Å². The minimum absolute atomic E-state index is 0.380. The minimum atomic E-state index is -0.909. The van der Waals surface area contributed by atoms with Crippen molar-refractivity contribution in [3.63, 3.8) is 0 Å². The summed E-state index contributed by atoms with van der Waals surface area (Å²) >= 11 is 1.64. The number of aliphatic carboxylic acids is 1. The first-order valence-corrected chi connectivity index (χ1v) is 8.17. The van der Waals surface area contributed by atoms with Crippen LogP contribution in [0, 0.1) is 0 Å². The van der Waals surface area contributed by atoms with Gasteiger partial charge in [0.25, 0.3) is 0 Å². The molecule has 2 aromatic rings. The lowest BCUT2D eigenvalue weighted by Gasteiger charge is -2.15. The van der Waals surface area contributed by atoms with Crippen LogP contribution in [0.25, 0.3) is 0 Å². The summed E-state index contributed by atoms with van der Waals surface area (Å²) in [5, 5.41) is 9.31. The van der Waals surface area contributed by atoms with E-state index in [0.29, 0.717) is 13.0 Å². The fourth-order valence-electron chi connectivity index (χ4n) is 2.06. The third-order valence-electron chi connectivity index (χ3n) is 3.15. The highest BCUT2D eigenvalue weighted by Crippen LogP contribution is 2.31. The molecule has 0 fully saturated rings. The Bertz CT molecular complexity index is 598. The molecule has 0 aliphatic rings. The molecule has 1 unspecified atom stereocenters. The third kappa shape index (κ3) is 4.90. The second kappa shape index (κ2) is 8.61. The van der Waals surface area contributed by atoms with Gasteiger partial charge < -0.3 is 9.84 Å². The first-order chi connectivity index (χ1) is 10.7. The van der Waals surface area contributed by atoms with Crippen molar-refractivity contribution in [3.05, 3.63) is 60.2 Å². The van der Waals surface area contributed by atoms with Crippen LogP contribution in [0.3, 0.4) is 0 Å². The molecule has 0 aliphatic heterocycles. The molecule has 0 aliphatic carbocycles. The van der Waals surface area contributed by atoms with Crippen molar-refractivity contribution in [1.29, 1.82) is 0 Å². The van der Waals surface area contributed by atoms with Gasteiger partial charge in [0.15, 0.2) is 6.10 Å². The van der Waals surface area contributed by atoms with Gasteiger partial charge >= 0.3 is 5.97 Å². The monoisotopic (exact) mass is 316 g/mol. The normalized spacial score (nSPS) is 12.0. The minimum Gasteiger partial charge on any atom is -0.479 e. The summed E-state index contributed by atoms with van der Waals surface area (Å²) in [6.45, 7) is 2.43. The summed E-state index contributed by atoms with van der Waals surface area (Å²) in [5.41, 5.74) is 1.000. The Morgan fingerprint density at radius 1 is 1.14 bits per heavy atom. The standard InChI is InChI=1S/C18H20O3S/c1-2-12-21-16(18(19)20)13-14-8-6-7-11-17(14)22-15-9-4-3-5-10-15/h3-11,16H,2,12-13H2,1H3,(H,19,20). The van der Waals surface area contributed by atoms with Gasteiger partial charge in [0, 0.05) is 22.8 Å². The summed E-state index contributed by atoms with van der Waals surface area (Å²) in [6, 6.07) is 18.0. The van der Waals surface area contributed by atoms with Crippen LogP contribution in [0.4, 0.5) is 0 Å². The fraction of sp³-hybridized carbons (Fsp3) is 0.278. The molecule has 2 aromatic carbocycles. The maximum atomic E-state index is 11.3. The number of benzene rings is 2. The lowest BCUT2D eigenvalue weighted by Crippen LogP contribution is -2.27. The molecule has 116 valence electrons. The van der Waals surface area contributed by atoms with Crippen molar-refractivity contribution in [2.24, 2.45) is 0 Å². The molecule has 0 bridgehead atoms. The molecule has 0 radical (unpaired) electrons. The second-order valence-corrected chi connectivity index (χ2v) is 6.04. The number of hydrogen-bond acceptors (Lipinski definition) is 3. The SMILES string of the molecule is CCCOC(Cc1ccccc1Sc1ccccc1)C(=O)O. The molecule has 0 saturated heterocycles. The Labute approximate surface area is 135 Å². The predicted molar refractivity (Wildman–Crippen MR) is 88.4 cm³/mol. The molecule has 0 amide bonds. The van der Waals surface area contributed by atoms with Gasteiger partial charge in [-0.25, -0.2) is 4.79 Å². The number of carboxylic acid groups (broad SMARTS) is 1. The maximum absolute atomic E-state index is 11.3. The van der Waals surface area contributed by atoms with Crippen LogP contribution < -0.4 is 0 Å². The molecular formula is C18H20O3S. The number of rotatable bonds is 8. The summed E-state index contributed by atoms with van der Waals surface area (Å²) in [4.78, 5) is 13.6. The van der Waals surface area contributed by atoms with E-state index in [9.17, 15) is 9.90 Å². The van der Waals surface area contributed by atoms with E-state index >= 15 is 0 Å². The zero-order valence-corrected chi connectivity index (χ0v) is 13.4. The average Bonchev–Trinajstić information content (AvgIpc) is 2.53.